The predicted octanol–water partition coefficient (Wildman–Crippen LogP) is 4.21. The molecule has 0 aromatic heterocycles. The Bertz CT molecular complexity index is 1350. The van der Waals surface area contributed by atoms with Gasteiger partial charge in [-0.1, -0.05) is 30.3 Å². The van der Waals surface area contributed by atoms with Crippen molar-refractivity contribution in [3.05, 3.63) is 94.8 Å². The van der Waals surface area contributed by atoms with Gasteiger partial charge in [0.05, 0.1) is 12.0 Å². The number of methoxy groups -OCH3 is 1. The van der Waals surface area contributed by atoms with Gasteiger partial charge in [0.15, 0.2) is 5.78 Å². The van der Waals surface area contributed by atoms with Gasteiger partial charge < -0.3 is 10.5 Å². The van der Waals surface area contributed by atoms with Crippen molar-refractivity contribution in [1.82, 2.24) is 4.72 Å². The molecule has 34 heavy (non-hydrogen) atoms. The molecule has 3 N–H and O–H groups in total. The Balaban J connectivity index is 1.43. The molecule has 0 bridgehead atoms. The van der Waals surface area contributed by atoms with Gasteiger partial charge in [-0.05, 0) is 77.6 Å². The van der Waals surface area contributed by atoms with Crippen molar-refractivity contribution in [1.29, 1.82) is 0 Å². The van der Waals surface area contributed by atoms with Crippen LogP contribution in [0.25, 0.3) is 6.08 Å². The fourth-order valence-corrected chi connectivity index (χ4v) is 5.29. The molecule has 4 rings (SSSR count). The third kappa shape index (κ3) is 5.35. The summed E-state index contributed by atoms with van der Waals surface area (Å²) in [5, 5.41) is 0. The first-order valence-electron chi connectivity index (χ1n) is 10.8. The zero-order chi connectivity index (χ0) is 24.3. The highest BCUT2D eigenvalue weighted by Crippen LogP contribution is 2.33. The zero-order valence-corrected chi connectivity index (χ0v) is 19.4. The molecule has 0 fully saturated rings. The second-order valence-corrected chi connectivity index (χ2v) is 9.88. The monoisotopic (exact) mass is 480 g/mol. The summed E-state index contributed by atoms with van der Waals surface area (Å²) in [5.41, 5.74) is 9.42. The van der Waals surface area contributed by atoms with Gasteiger partial charge in [-0.15, -0.1) is 0 Å². The molecule has 1 unspecified atom stereocenters. The van der Waals surface area contributed by atoms with Gasteiger partial charge in [0.1, 0.15) is 11.6 Å². The van der Waals surface area contributed by atoms with E-state index >= 15 is 0 Å². The molecule has 0 spiro atoms. The first kappa shape index (κ1) is 23.7. The zero-order valence-electron chi connectivity index (χ0n) is 18.6. The van der Waals surface area contributed by atoms with Crippen LogP contribution in [0.2, 0.25) is 0 Å². The van der Waals surface area contributed by atoms with E-state index in [0.29, 0.717) is 17.7 Å². The fraction of sp³-hybridized carbons (Fsp3) is 0.192. The third-order valence-corrected chi connectivity index (χ3v) is 7.33. The smallest absolute Gasteiger partial charge is 0.241 e. The second kappa shape index (κ2) is 9.79. The lowest BCUT2D eigenvalue weighted by atomic mass is 10.0. The quantitative estimate of drug-likeness (QED) is 0.372. The number of sulfonamides is 1. The number of carbonyl (C=O) groups is 1. The Labute approximate surface area is 198 Å². The van der Waals surface area contributed by atoms with Gasteiger partial charge in [0, 0.05) is 18.2 Å². The SMILES string of the molecule is COc1ccc(S(=O)(=O)NC2CCc3cc(/C=C/C(=O)Cc4ccc(F)cc4N)ccc32)cc1. The molecule has 0 saturated heterocycles. The minimum atomic E-state index is -3.68. The molecule has 8 heteroatoms. The van der Waals surface area contributed by atoms with Gasteiger partial charge in [0.25, 0.3) is 0 Å². The maximum atomic E-state index is 13.2. The highest BCUT2D eigenvalue weighted by Gasteiger charge is 2.27. The van der Waals surface area contributed by atoms with Crippen LogP contribution in [0.5, 0.6) is 5.75 Å². The summed E-state index contributed by atoms with van der Waals surface area (Å²) in [4.78, 5) is 12.5. The average Bonchev–Trinajstić information content (AvgIpc) is 3.21. The first-order chi connectivity index (χ1) is 16.2. The lowest BCUT2D eigenvalue weighted by Gasteiger charge is -2.15. The minimum absolute atomic E-state index is 0.0861. The number of benzene rings is 3. The molecule has 0 amide bonds. The number of anilines is 1. The lowest BCUT2D eigenvalue weighted by Crippen LogP contribution is -2.27. The number of fused-ring (bicyclic) bond motifs is 1. The van der Waals surface area contributed by atoms with Crippen LogP contribution in [0.1, 0.15) is 34.7 Å². The normalized spacial score (nSPS) is 15.4. The average molecular weight is 481 g/mol. The van der Waals surface area contributed by atoms with Gasteiger partial charge in [0.2, 0.25) is 10.0 Å². The van der Waals surface area contributed by atoms with E-state index in [1.807, 2.05) is 18.2 Å². The standard InChI is InChI=1S/C26H25FN2O4S/c1-33-22-8-10-23(11-9-22)34(31,32)29-26-13-5-18-14-17(3-12-24(18)26)2-7-21(30)15-19-4-6-20(27)16-25(19)28/h2-4,6-12,14,16,26,29H,5,13,15,28H2,1H3/b7-2+. The summed E-state index contributed by atoms with van der Waals surface area (Å²) in [5.74, 6) is 0.00118. The van der Waals surface area contributed by atoms with Crippen molar-refractivity contribution >= 4 is 27.6 Å². The molecular weight excluding hydrogens is 455 g/mol. The van der Waals surface area contributed by atoms with Crippen LogP contribution in [-0.4, -0.2) is 21.3 Å². The van der Waals surface area contributed by atoms with Crippen molar-refractivity contribution in [3.8, 4) is 5.75 Å². The minimum Gasteiger partial charge on any atom is -0.497 e. The summed E-state index contributed by atoms with van der Waals surface area (Å²) < 4.78 is 46.7. The van der Waals surface area contributed by atoms with Crippen LogP contribution in [0, 0.1) is 5.82 Å². The van der Waals surface area contributed by atoms with E-state index < -0.39 is 15.8 Å². The number of ketones is 1. The summed E-state index contributed by atoms with van der Waals surface area (Å²) in [6.45, 7) is 0. The molecule has 176 valence electrons. The Morgan fingerprint density at radius 2 is 1.91 bits per heavy atom. The van der Waals surface area contributed by atoms with Gasteiger partial charge in [-0.25, -0.2) is 17.5 Å². The van der Waals surface area contributed by atoms with E-state index in [-0.39, 0.29) is 28.8 Å². The number of aryl methyl sites for hydroxylation is 1. The molecule has 1 aliphatic carbocycles. The number of halogens is 1. The molecule has 1 atom stereocenters. The Morgan fingerprint density at radius 1 is 1.15 bits per heavy atom. The van der Waals surface area contributed by atoms with Crippen LogP contribution >= 0.6 is 0 Å². The third-order valence-electron chi connectivity index (χ3n) is 5.85. The summed E-state index contributed by atoms with van der Waals surface area (Å²) >= 11 is 0. The van der Waals surface area contributed by atoms with Crippen molar-refractivity contribution in [3.63, 3.8) is 0 Å². The van der Waals surface area contributed by atoms with Crippen molar-refractivity contribution in [2.45, 2.75) is 30.2 Å². The van der Waals surface area contributed by atoms with E-state index in [1.54, 1.807) is 18.2 Å². The van der Waals surface area contributed by atoms with Crippen molar-refractivity contribution < 1.29 is 22.3 Å². The van der Waals surface area contributed by atoms with Crippen molar-refractivity contribution in [2.75, 3.05) is 12.8 Å². The molecule has 0 saturated carbocycles. The van der Waals surface area contributed by atoms with E-state index in [1.165, 1.54) is 43.5 Å². The van der Waals surface area contributed by atoms with Crippen LogP contribution in [0.3, 0.4) is 0 Å². The molecule has 3 aromatic rings. The van der Waals surface area contributed by atoms with E-state index in [2.05, 4.69) is 4.72 Å². The number of rotatable bonds is 8. The highest BCUT2D eigenvalue weighted by molar-refractivity contribution is 7.89. The molecule has 6 nitrogen and oxygen atoms in total. The highest BCUT2D eigenvalue weighted by atomic mass is 32.2. The largest absolute Gasteiger partial charge is 0.497 e. The molecule has 0 aliphatic heterocycles. The van der Waals surface area contributed by atoms with E-state index in [9.17, 15) is 17.6 Å². The summed E-state index contributed by atoms with van der Waals surface area (Å²) in [7, 11) is -2.15. The number of allylic oxidation sites excluding steroid dienone is 1. The molecule has 3 aromatic carbocycles. The maximum absolute atomic E-state index is 13.2. The number of nitrogens with one attached hydrogen (secondary N) is 1. The Morgan fingerprint density at radius 3 is 2.62 bits per heavy atom. The number of ether oxygens (including phenoxy) is 1. The van der Waals surface area contributed by atoms with Gasteiger partial charge >= 0.3 is 0 Å². The topological polar surface area (TPSA) is 98.5 Å². The van der Waals surface area contributed by atoms with Crippen LogP contribution in [0.4, 0.5) is 10.1 Å². The Kier molecular flexibility index (Phi) is 6.81. The number of hydrogen-bond donors (Lipinski definition) is 2. The fourth-order valence-electron chi connectivity index (χ4n) is 4.04. The number of hydrogen-bond acceptors (Lipinski definition) is 5. The van der Waals surface area contributed by atoms with E-state index in [4.69, 9.17) is 10.5 Å². The Hall–Kier alpha value is -3.49. The first-order valence-corrected chi connectivity index (χ1v) is 12.3. The number of carbonyl (C=O) groups excluding carboxylic acids is 1. The van der Waals surface area contributed by atoms with E-state index in [0.717, 1.165) is 23.1 Å². The predicted molar refractivity (Wildman–Crippen MR) is 129 cm³/mol. The molecule has 0 radical (unpaired) electrons. The maximum Gasteiger partial charge on any atom is 0.241 e. The second-order valence-electron chi connectivity index (χ2n) is 8.17. The van der Waals surface area contributed by atoms with Gasteiger partial charge in [-0.3, -0.25) is 4.79 Å². The van der Waals surface area contributed by atoms with Crippen LogP contribution in [-0.2, 0) is 27.7 Å². The summed E-state index contributed by atoms with van der Waals surface area (Å²) in [6, 6.07) is 15.6. The molecule has 1 aliphatic rings. The lowest BCUT2D eigenvalue weighted by molar-refractivity contribution is -0.113. The van der Waals surface area contributed by atoms with Gasteiger partial charge in [-0.2, -0.15) is 0 Å². The number of nitrogens with two attached hydrogens (primary N) is 1. The van der Waals surface area contributed by atoms with Crippen molar-refractivity contribution in [2.24, 2.45) is 0 Å². The van der Waals surface area contributed by atoms with Crippen LogP contribution in [0.15, 0.2) is 71.6 Å². The summed E-state index contributed by atoms with van der Waals surface area (Å²) in [6.07, 6.45) is 4.66. The number of nitrogen functional groups attached to an aromatic ring is 1. The molecule has 0 heterocycles. The van der Waals surface area contributed by atoms with Crippen LogP contribution < -0.4 is 15.2 Å². The molecular formula is C26H25FN2O4S.